The minimum absolute atomic E-state index is 0.0375. The third kappa shape index (κ3) is 5.37. The first-order valence-corrected chi connectivity index (χ1v) is 11.2. The van der Waals surface area contributed by atoms with Crippen molar-refractivity contribution in [3.63, 3.8) is 0 Å². The van der Waals surface area contributed by atoms with Gasteiger partial charge in [0.2, 0.25) is 0 Å². The molecule has 9 heteroatoms. The van der Waals surface area contributed by atoms with E-state index in [4.69, 9.17) is 4.74 Å². The number of anilines is 2. The van der Waals surface area contributed by atoms with Crippen LogP contribution in [0.4, 0.5) is 15.8 Å². The summed E-state index contributed by atoms with van der Waals surface area (Å²) in [5.41, 5.74) is 0.736. The number of amides is 1. The third-order valence-corrected chi connectivity index (χ3v) is 5.97. The summed E-state index contributed by atoms with van der Waals surface area (Å²) < 4.78 is 47.3. The molecule has 3 aromatic carbocycles. The van der Waals surface area contributed by atoms with Crippen LogP contribution in [0.1, 0.15) is 17.3 Å². The quantitative estimate of drug-likeness (QED) is 0.483. The molecule has 0 aromatic heterocycles. The van der Waals surface area contributed by atoms with Gasteiger partial charge in [-0.25, -0.2) is 12.8 Å². The molecule has 6 nitrogen and oxygen atoms in total. The molecule has 0 aliphatic carbocycles. The van der Waals surface area contributed by atoms with Crippen LogP contribution in [-0.4, -0.2) is 20.9 Å². The topological polar surface area (TPSA) is 84.5 Å². The lowest BCUT2D eigenvalue weighted by atomic mass is 10.2. The predicted octanol–water partition coefficient (Wildman–Crippen LogP) is 5.04. The molecule has 156 valence electrons. The number of rotatable bonds is 7. The van der Waals surface area contributed by atoms with E-state index in [1.165, 1.54) is 36.4 Å². The van der Waals surface area contributed by atoms with Crippen molar-refractivity contribution in [1.82, 2.24) is 0 Å². The van der Waals surface area contributed by atoms with Crippen LogP contribution < -0.4 is 14.8 Å². The van der Waals surface area contributed by atoms with Crippen LogP contribution in [0.25, 0.3) is 0 Å². The molecule has 3 aromatic rings. The highest BCUT2D eigenvalue weighted by Gasteiger charge is 2.16. The Balaban J connectivity index is 1.78. The molecular formula is C21H18BrFN2O4S. The van der Waals surface area contributed by atoms with E-state index >= 15 is 0 Å². The highest BCUT2D eigenvalue weighted by atomic mass is 79.9. The van der Waals surface area contributed by atoms with Crippen molar-refractivity contribution in [1.29, 1.82) is 0 Å². The summed E-state index contributed by atoms with van der Waals surface area (Å²) in [6.07, 6.45) is 0. The Morgan fingerprint density at radius 3 is 2.50 bits per heavy atom. The van der Waals surface area contributed by atoms with Gasteiger partial charge in [0, 0.05) is 11.3 Å². The van der Waals surface area contributed by atoms with Crippen molar-refractivity contribution >= 4 is 43.2 Å². The van der Waals surface area contributed by atoms with Gasteiger partial charge < -0.3 is 10.1 Å². The predicted molar refractivity (Wildman–Crippen MR) is 117 cm³/mol. The Kier molecular flexibility index (Phi) is 6.73. The number of ether oxygens (including phenoxy) is 1. The second-order valence-electron chi connectivity index (χ2n) is 6.18. The molecule has 1 amide bonds. The van der Waals surface area contributed by atoms with E-state index in [1.54, 1.807) is 24.3 Å². The first-order valence-electron chi connectivity index (χ1n) is 8.90. The normalized spacial score (nSPS) is 11.0. The van der Waals surface area contributed by atoms with Gasteiger partial charge in [-0.05, 0) is 77.5 Å². The van der Waals surface area contributed by atoms with E-state index in [9.17, 15) is 17.6 Å². The van der Waals surface area contributed by atoms with Crippen LogP contribution in [0, 0.1) is 5.82 Å². The van der Waals surface area contributed by atoms with Crippen LogP contribution in [0.15, 0.2) is 76.1 Å². The Labute approximate surface area is 182 Å². The van der Waals surface area contributed by atoms with E-state index in [0.29, 0.717) is 22.5 Å². The van der Waals surface area contributed by atoms with Crippen molar-refractivity contribution in [3.05, 3.63) is 82.6 Å². The maximum atomic E-state index is 13.3. The van der Waals surface area contributed by atoms with Crippen molar-refractivity contribution in [2.75, 3.05) is 16.6 Å². The van der Waals surface area contributed by atoms with Crippen LogP contribution in [0.3, 0.4) is 0 Å². The average Bonchev–Trinajstić information content (AvgIpc) is 2.70. The molecule has 0 radical (unpaired) electrons. The lowest BCUT2D eigenvalue weighted by Gasteiger charge is -2.12. The van der Waals surface area contributed by atoms with Crippen molar-refractivity contribution in [2.45, 2.75) is 11.8 Å². The number of nitrogens with one attached hydrogen (secondary N) is 2. The zero-order valence-electron chi connectivity index (χ0n) is 15.9. The van der Waals surface area contributed by atoms with Crippen molar-refractivity contribution < 1.29 is 22.3 Å². The molecule has 0 bridgehead atoms. The molecule has 0 aliphatic rings. The molecule has 2 N–H and O–H groups in total. The maximum absolute atomic E-state index is 13.3. The lowest BCUT2D eigenvalue weighted by Crippen LogP contribution is -2.15. The number of benzene rings is 3. The van der Waals surface area contributed by atoms with Gasteiger partial charge in [-0.1, -0.05) is 12.1 Å². The van der Waals surface area contributed by atoms with E-state index in [0.717, 1.165) is 6.07 Å². The second-order valence-corrected chi connectivity index (χ2v) is 8.71. The molecule has 0 fully saturated rings. The number of hydrogen-bond donors (Lipinski definition) is 2. The number of carbonyl (C=O) groups is 1. The van der Waals surface area contributed by atoms with Gasteiger partial charge in [0.25, 0.3) is 15.9 Å². The number of carbonyl (C=O) groups excluding carboxylic acids is 1. The van der Waals surface area contributed by atoms with Gasteiger partial charge in [0.15, 0.2) is 0 Å². The zero-order valence-corrected chi connectivity index (χ0v) is 18.3. The second kappa shape index (κ2) is 9.27. The van der Waals surface area contributed by atoms with Gasteiger partial charge in [-0.15, -0.1) is 0 Å². The molecule has 3 rings (SSSR count). The molecule has 0 aliphatic heterocycles. The minimum atomic E-state index is -3.91. The largest absolute Gasteiger partial charge is 0.493 e. The van der Waals surface area contributed by atoms with Gasteiger partial charge in [-0.2, -0.15) is 0 Å². The van der Waals surface area contributed by atoms with Gasteiger partial charge in [0.05, 0.1) is 21.7 Å². The van der Waals surface area contributed by atoms with Crippen molar-refractivity contribution in [3.8, 4) is 5.75 Å². The summed E-state index contributed by atoms with van der Waals surface area (Å²) >= 11 is 3.34. The third-order valence-electron chi connectivity index (χ3n) is 3.97. The minimum Gasteiger partial charge on any atom is -0.493 e. The van der Waals surface area contributed by atoms with Crippen LogP contribution >= 0.6 is 15.9 Å². The summed E-state index contributed by atoms with van der Waals surface area (Å²) in [6, 6.07) is 15.8. The standard InChI is InChI=1S/C21H18BrFN2O4S/c1-2-29-20-10-9-17(13-19(20)22)25-30(27,28)18-8-4-7-16(12-18)24-21(26)14-5-3-6-15(23)11-14/h3-13,25H,2H2,1H3,(H,24,26). The SMILES string of the molecule is CCOc1ccc(NS(=O)(=O)c2cccc(NC(=O)c3cccc(F)c3)c2)cc1Br. The fraction of sp³-hybridized carbons (Fsp3) is 0.0952. The number of halogens is 2. The smallest absolute Gasteiger partial charge is 0.261 e. The summed E-state index contributed by atoms with van der Waals surface area (Å²) in [5, 5.41) is 2.57. The summed E-state index contributed by atoms with van der Waals surface area (Å²) in [4.78, 5) is 12.2. The van der Waals surface area contributed by atoms with Crippen LogP contribution in [-0.2, 0) is 10.0 Å². The monoisotopic (exact) mass is 492 g/mol. The molecule has 0 heterocycles. The number of hydrogen-bond acceptors (Lipinski definition) is 4. The maximum Gasteiger partial charge on any atom is 0.261 e. The van der Waals surface area contributed by atoms with E-state index in [2.05, 4.69) is 26.0 Å². The van der Waals surface area contributed by atoms with Crippen molar-refractivity contribution in [2.24, 2.45) is 0 Å². The Bertz CT molecular complexity index is 1190. The molecular weight excluding hydrogens is 475 g/mol. The molecule has 0 saturated carbocycles. The molecule has 30 heavy (non-hydrogen) atoms. The highest BCUT2D eigenvalue weighted by Crippen LogP contribution is 2.29. The van der Waals surface area contributed by atoms with Crippen LogP contribution in [0.5, 0.6) is 5.75 Å². The van der Waals surface area contributed by atoms with Gasteiger partial charge in [0.1, 0.15) is 11.6 Å². The first kappa shape index (κ1) is 21.8. The first-order chi connectivity index (χ1) is 14.3. The fourth-order valence-electron chi connectivity index (χ4n) is 2.62. The van der Waals surface area contributed by atoms with E-state index in [-0.39, 0.29) is 16.1 Å². The molecule has 0 spiro atoms. The van der Waals surface area contributed by atoms with Gasteiger partial charge in [-0.3, -0.25) is 9.52 Å². The van der Waals surface area contributed by atoms with E-state index < -0.39 is 21.7 Å². The molecule has 0 saturated heterocycles. The molecule has 0 unspecified atom stereocenters. The Morgan fingerprint density at radius 1 is 1.03 bits per heavy atom. The summed E-state index contributed by atoms with van der Waals surface area (Å²) in [5.74, 6) is -0.486. The summed E-state index contributed by atoms with van der Waals surface area (Å²) in [7, 11) is -3.91. The fourth-order valence-corrected chi connectivity index (χ4v) is 4.21. The van der Waals surface area contributed by atoms with Gasteiger partial charge >= 0.3 is 0 Å². The van der Waals surface area contributed by atoms with E-state index in [1.807, 2.05) is 6.92 Å². The Hall–Kier alpha value is -2.91. The lowest BCUT2D eigenvalue weighted by molar-refractivity contribution is 0.102. The van der Waals surface area contributed by atoms with Crippen LogP contribution in [0.2, 0.25) is 0 Å². The Morgan fingerprint density at radius 2 is 1.80 bits per heavy atom. The number of sulfonamides is 1. The highest BCUT2D eigenvalue weighted by molar-refractivity contribution is 9.10. The molecule has 0 atom stereocenters. The zero-order chi connectivity index (χ0) is 21.7. The summed E-state index contributed by atoms with van der Waals surface area (Å²) in [6.45, 7) is 2.33. The average molecular weight is 493 g/mol.